The zero-order chi connectivity index (χ0) is 33.7. The highest BCUT2D eigenvalue weighted by atomic mass is 15.1. The van der Waals surface area contributed by atoms with E-state index in [4.69, 9.17) is 6.58 Å². The van der Waals surface area contributed by atoms with Gasteiger partial charge in [-0.05, 0) is 88.0 Å². The number of aromatic nitrogens is 2. The molecule has 1 aliphatic heterocycles. The smallest absolute Gasteiger partial charge is 0.221 e. The third kappa shape index (κ3) is 4.04. The maximum absolute atomic E-state index is 4.79. The van der Waals surface area contributed by atoms with Crippen molar-refractivity contribution in [1.82, 2.24) is 4.57 Å². The first kappa shape index (κ1) is 30.1. The zero-order valence-electron chi connectivity index (χ0n) is 29.5. The van der Waals surface area contributed by atoms with Gasteiger partial charge in [-0.2, -0.15) is 4.57 Å². The predicted octanol–water partition coefficient (Wildman–Crippen LogP) is 12.1. The molecule has 0 saturated carbocycles. The molecular formula is C47H45N2+. The van der Waals surface area contributed by atoms with Gasteiger partial charge in [0.1, 0.15) is 0 Å². The van der Waals surface area contributed by atoms with Crippen LogP contribution in [0, 0.1) is 0 Å². The van der Waals surface area contributed by atoms with Gasteiger partial charge in [-0.1, -0.05) is 108 Å². The minimum atomic E-state index is -0.154. The molecule has 0 unspecified atom stereocenters. The summed E-state index contributed by atoms with van der Waals surface area (Å²) in [6.45, 7) is 16.5. The van der Waals surface area contributed by atoms with Gasteiger partial charge in [-0.25, -0.2) is 0 Å². The van der Waals surface area contributed by atoms with Gasteiger partial charge in [-0.15, -0.1) is 0 Å². The summed E-state index contributed by atoms with van der Waals surface area (Å²) in [5, 5.41) is 5.17. The topological polar surface area (TPSA) is 8.81 Å². The van der Waals surface area contributed by atoms with Gasteiger partial charge in [-0.3, -0.25) is 0 Å². The van der Waals surface area contributed by atoms with Gasteiger partial charge in [0.25, 0.3) is 0 Å². The van der Waals surface area contributed by atoms with Crippen LogP contribution in [-0.2, 0) is 17.4 Å². The van der Waals surface area contributed by atoms with E-state index in [0.29, 0.717) is 0 Å². The van der Waals surface area contributed by atoms with Crippen LogP contribution in [0.15, 0.2) is 116 Å². The highest BCUT2D eigenvalue weighted by molar-refractivity contribution is 6.12. The lowest BCUT2D eigenvalue weighted by Crippen LogP contribution is -2.59. The molecule has 49 heavy (non-hydrogen) atoms. The van der Waals surface area contributed by atoms with Crippen molar-refractivity contribution >= 4 is 38.2 Å². The molecule has 0 fully saturated rings. The molecule has 0 saturated heterocycles. The summed E-state index contributed by atoms with van der Waals surface area (Å²) in [7, 11) is 0. The molecule has 5 aromatic carbocycles. The Kier molecular flexibility index (Phi) is 6.63. The maximum atomic E-state index is 4.79. The molecule has 0 spiro atoms. The molecule has 0 bridgehead atoms. The average Bonchev–Trinajstić information content (AvgIpc) is 3.57. The fourth-order valence-corrected chi connectivity index (χ4v) is 9.47. The molecule has 2 nitrogen and oxygen atoms in total. The van der Waals surface area contributed by atoms with Crippen LogP contribution in [0.3, 0.4) is 0 Å². The van der Waals surface area contributed by atoms with E-state index in [1.807, 2.05) is 0 Å². The van der Waals surface area contributed by atoms with Crippen LogP contribution in [0.25, 0.3) is 66.2 Å². The van der Waals surface area contributed by atoms with Crippen LogP contribution in [0.4, 0.5) is 0 Å². The number of allylic oxidation sites excluding steroid dienone is 1. The Labute approximate surface area is 290 Å². The van der Waals surface area contributed by atoms with Crippen molar-refractivity contribution < 1.29 is 4.57 Å². The fraction of sp³-hybridized carbons (Fsp3) is 0.255. The quantitative estimate of drug-likeness (QED) is 0.160. The zero-order valence-corrected chi connectivity index (χ0v) is 29.5. The first-order valence-corrected chi connectivity index (χ1v) is 18.3. The molecule has 0 atom stereocenters. The molecule has 1 aliphatic carbocycles. The second-order valence-electron chi connectivity index (χ2n) is 14.9. The normalized spacial score (nSPS) is 15.4. The molecule has 242 valence electrons. The van der Waals surface area contributed by atoms with E-state index < -0.39 is 0 Å². The minimum absolute atomic E-state index is 0.0743. The van der Waals surface area contributed by atoms with Gasteiger partial charge in [0.05, 0.1) is 22.0 Å². The SMILES string of the molecule is C=C1c2ccc(-n3c4ccccc4c4cc5c(cc43)C(C)(C)c3ccc(CCCC)cc3-5)cc2-c2c3ccccc3cc[n+]2C1(CC)CC. The number of unbranched alkanes of at least 4 members (excludes halogenated alkanes) is 1. The van der Waals surface area contributed by atoms with Crippen molar-refractivity contribution in [1.29, 1.82) is 0 Å². The maximum Gasteiger partial charge on any atom is 0.221 e. The molecule has 2 heteroatoms. The van der Waals surface area contributed by atoms with E-state index in [1.165, 1.54) is 101 Å². The number of hydrogen-bond donors (Lipinski definition) is 0. The Bertz CT molecular complexity index is 2500. The monoisotopic (exact) mass is 637 g/mol. The van der Waals surface area contributed by atoms with Crippen LogP contribution >= 0.6 is 0 Å². The van der Waals surface area contributed by atoms with Gasteiger partial charge in [0.15, 0.2) is 11.7 Å². The van der Waals surface area contributed by atoms with E-state index in [2.05, 4.69) is 153 Å². The summed E-state index contributed by atoms with van der Waals surface area (Å²) in [6, 6.07) is 39.5. The number of benzene rings is 5. The Balaban J connectivity index is 1.31. The molecule has 9 rings (SSSR count). The van der Waals surface area contributed by atoms with Crippen molar-refractivity contribution in [2.75, 3.05) is 0 Å². The summed E-state index contributed by atoms with van der Waals surface area (Å²) in [5.41, 5.74) is 15.6. The van der Waals surface area contributed by atoms with Crippen LogP contribution in [0.5, 0.6) is 0 Å². The molecule has 0 radical (unpaired) electrons. The summed E-state index contributed by atoms with van der Waals surface area (Å²) in [6.07, 6.45) is 7.88. The molecule has 3 heterocycles. The van der Waals surface area contributed by atoms with Crippen LogP contribution in [-0.4, -0.2) is 4.57 Å². The number of para-hydroxylation sites is 1. The highest BCUT2D eigenvalue weighted by Gasteiger charge is 2.47. The van der Waals surface area contributed by atoms with Gasteiger partial charge >= 0.3 is 0 Å². The summed E-state index contributed by atoms with van der Waals surface area (Å²) < 4.78 is 5.05. The van der Waals surface area contributed by atoms with Crippen LogP contribution < -0.4 is 4.57 Å². The van der Waals surface area contributed by atoms with Gasteiger partial charge in [0, 0.05) is 46.4 Å². The molecule has 7 aromatic rings. The van der Waals surface area contributed by atoms with Gasteiger partial charge < -0.3 is 4.57 Å². The predicted molar refractivity (Wildman–Crippen MR) is 208 cm³/mol. The van der Waals surface area contributed by atoms with Crippen LogP contribution in [0.2, 0.25) is 0 Å². The average molecular weight is 638 g/mol. The van der Waals surface area contributed by atoms with E-state index in [1.54, 1.807) is 0 Å². The third-order valence-electron chi connectivity index (χ3n) is 12.2. The number of rotatable bonds is 6. The van der Waals surface area contributed by atoms with Crippen LogP contribution in [0.1, 0.15) is 82.6 Å². The number of aryl methyl sites for hydroxylation is 1. The van der Waals surface area contributed by atoms with Crippen molar-refractivity contribution in [2.24, 2.45) is 0 Å². The number of nitrogens with zero attached hydrogens (tertiary/aromatic N) is 2. The summed E-state index contributed by atoms with van der Waals surface area (Å²) >= 11 is 0. The second-order valence-corrected chi connectivity index (χ2v) is 14.9. The molecule has 2 aromatic heterocycles. The standard InChI is InChI=1S/C47H45N2/c1-7-10-15-31-20-23-41-37(26-31)38-28-39-36-18-13-14-19-43(36)49(44(39)29-42(38)46(41,5)6)33-21-22-34-30(4)47(8-2,9-3)48-25-24-32-16-11-12-17-35(32)45(48)40(34)27-33/h11-14,16-29H,4,7-10,15H2,1-3,5-6H3/q+1. The minimum Gasteiger partial charge on any atom is -0.309 e. The van der Waals surface area contributed by atoms with E-state index in [0.717, 1.165) is 19.3 Å². The Morgan fingerprint density at radius 2 is 1.41 bits per heavy atom. The first-order valence-electron chi connectivity index (χ1n) is 18.3. The first-order chi connectivity index (χ1) is 23.8. The van der Waals surface area contributed by atoms with E-state index in [9.17, 15) is 0 Å². The van der Waals surface area contributed by atoms with Crippen molar-refractivity contribution in [3.05, 3.63) is 138 Å². The van der Waals surface area contributed by atoms with E-state index >= 15 is 0 Å². The lowest BCUT2D eigenvalue weighted by molar-refractivity contribution is -0.740. The Morgan fingerprint density at radius 1 is 0.653 bits per heavy atom. The highest BCUT2D eigenvalue weighted by Crippen LogP contribution is 2.52. The number of hydrogen-bond acceptors (Lipinski definition) is 0. The van der Waals surface area contributed by atoms with Crippen molar-refractivity contribution in [2.45, 2.75) is 77.7 Å². The molecular weight excluding hydrogens is 593 g/mol. The Morgan fingerprint density at radius 3 is 2.20 bits per heavy atom. The number of pyridine rings is 1. The third-order valence-corrected chi connectivity index (χ3v) is 12.2. The molecule has 0 N–H and O–H groups in total. The van der Waals surface area contributed by atoms with Gasteiger partial charge in [0.2, 0.25) is 5.69 Å². The molecule has 0 amide bonds. The molecule has 2 aliphatic rings. The van der Waals surface area contributed by atoms with Crippen molar-refractivity contribution in [3.63, 3.8) is 0 Å². The lowest BCUT2D eigenvalue weighted by atomic mass is 9.75. The summed E-state index contributed by atoms with van der Waals surface area (Å²) in [5.74, 6) is 0. The second kappa shape index (κ2) is 10.8. The Hall–Kier alpha value is -4.95. The van der Waals surface area contributed by atoms with Crippen molar-refractivity contribution in [3.8, 4) is 28.1 Å². The number of fused-ring (bicyclic) bond motifs is 11. The fourth-order valence-electron chi connectivity index (χ4n) is 9.47. The van der Waals surface area contributed by atoms with E-state index in [-0.39, 0.29) is 11.0 Å². The summed E-state index contributed by atoms with van der Waals surface area (Å²) in [4.78, 5) is 0. The largest absolute Gasteiger partial charge is 0.309 e. The lowest BCUT2D eigenvalue weighted by Gasteiger charge is -2.35.